The Labute approximate surface area is 448 Å². The van der Waals surface area contributed by atoms with Crippen molar-refractivity contribution in [2.24, 2.45) is 0 Å². The van der Waals surface area contributed by atoms with Crippen molar-refractivity contribution in [1.82, 2.24) is 28.7 Å². The van der Waals surface area contributed by atoms with Crippen molar-refractivity contribution in [3.05, 3.63) is 95.1 Å². The first-order valence-corrected chi connectivity index (χ1v) is 28.0. The highest BCUT2D eigenvalue weighted by molar-refractivity contribution is 6.16. The van der Waals surface area contributed by atoms with Crippen LogP contribution in [-0.4, -0.2) is 179 Å². The molecule has 0 amide bonds. The van der Waals surface area contributed by atoms with Crippen molar-refractivity contribution >= 4 is 66.7 Å². The predicted molar refractivity (Wildman–Crippen MR) is 301 cm³/mol. The number of hydrogen-bond acceptors (Lipinski definition) is 12. The number of nitrogens with zero attached hydrogens (tertiary/aromatic N) is 6. The van der Waals surface area contributed by atoms with Crippen LogP contribution in [0.4, 0.5) is 0 Å². The van der Waals surface area contributed by atoms with Crippen molar-refractivity contribution in [2.45, 2.75) is 116 Å². The Morgan fingerprint density at radius 1 is 0.342 bits per heavy atom. The topological polar surface area (TPSA) is 128 Å². The predicted octanol–water partition coefficient (Wildman–Crippen LogP) is 9.34. The van der Waals surface area contributed by atoms with Crippen molar-refractivity contribution in [3.8, 4) is 0 Å². The van der Waals surface area contributed by atoms with Crippen molar-refractivity contribution < 1.29 is 38.1 Å². The number of ether oxygens (including phenoxy) is 4. The zero-order chi connectivity index (χ0) is 53.6. The first-order chi connectivity index (χ1) is 36.4. The lowest BCUT2D eigenvalue weighted by molar-refractivity contribution is -0.00442. The average molecular weight is 1040 g/mol. The minimum absolute atomic E-state index is 0.0736. The number of benzene rings is 4. The molecule has 4 aliphatic rings. The Balaban J connectivity index is 0.907. The second-order valence-electron chi connectivity index (χ2n) is 23.6. The molecule has 0 unspecified atom stereocenters. The van der Waals surface area contributed by atoms with Gasteiger partial charge in [0.25, 0.3) is 0 Å². The first kappa shape index (κ1) is 54.2. The number of ketones is 4. The molecule has 6 aromatic rings. The molecule has 76 heavy (non-hydrogen) atoms. The summed E-state index contributed by atoms with van der Waals surface area (Å²) >= 11 is 0. The van der Waals surface area contributed by atoms with Crippen LogP contribution in [0.1, 0.15) is 123 Å². The van der Waals surface area contributed by atoms with Gasteiger partial charge in [-0.05, 0) is 141 Å². The maximum absolute atomic E-state index is 14.4. The SMILES string of the molecule is CC(C)(C(=O)c1ccc2c(c1)c1cc(C(=O)C(C)(C)N3CCOCC3)ccc1n2CCCCCCn1c2ccc(C(=O)C(C)(C)N3CCOCC3)cc2c2cc(C(=O)C(C)(C)N3CCOCC3)ccc21)N1CCOCC1. The number of Topliss-reactive ketones (excluding diaryl/α,β-unsaturated/α-hetero) is 4. The van der Waals surface area contributed by atoms with Gasteiger partial charge in [-0.1, -0.05) is 12.8 Å². The number of carbonyl (C=O) groups excluding carboxylic acids is 4. The van der Waals surface area contributed by atoms with E-state index < -0.39 is 22.2 Å². The van der Waals surface area contributed by atoms with Crippen LogP contribution < -0.4 is 0 Å². The summed E-state index contributed by atoms with van der Waals surface area (Å²) in [5.74, 6) is 0.294. The molecule has 14 nitrogen and oxygen atoms in total. The highest BCUT2D eigenvalue weighted by Gasteiger charge is 2.40. The molecule has 0 aliphatic carbocycles. The van der Waals surface area contributed by atoms with E-state index in [0.29, 0.717) is 127 Å². The van der Waals surface area contributed by atoms with Gasteiger partial charge in [0, 0.05) is 131 Å². The molecule has 4 saturated heterocycles. The highest BCUT2D eigenvalue weighted by atomic mass is 16.5. The van der Waals surface area contributed by atoms with Crippen LogP contribution in [0.25, 0.3) is 43.6 Å². The second-order valence-corrected chi connectivity index (χ2v) is 23.6. The maximum Gasteiger partial charge on any atom is 0.182 e. The summed E-state index contributed by atoms with van der Waals surface area (Å²) < 4.78 is 27.3. The molecule has 0 bridgehead atoms. The summed E-state index contributed by atoms with van der Waals surface area (Å²) in [6, 6.07) is 24.6. The second kappa shape index (κ2) is 21.9. The quantitative estimate of drug-likeness (QED) is 0.0567. The number of rotatable bonds is 19. The summed E-state index contributed by atoms with van der Waals surface area (Å²) in [6.45, 7) is 28.2. The number of aryl methyl sites for hydroxylation is 2. The summed E-state index contributed by atoms with van der Waals surface area (Å²) in [7, 11) is 0. The number of carbonyl (C=O) groups is 4. The molecule has 14 heteroatoms. The monoisotopic (exact) mass is 1040 g/mol. The van der Waals surface area contributed by atoms with Crippen molar-refractivity contribution in [2.75, 3.05) is 105 Å². The van der Waals surface area contributed by atoms with Gasteiger partial charge in [-0.3, -0.25) is 38.8 Å². The van der Waals surface area contributed by atoms with E-state index >= 15 is 0 Å². The standard InChI is InChI=1S/C62H80N6O8/c1-59(2,63-23-31-73-32-24-63)55(69)43-13-17-51-47(39-43)48-40-44(56(70)60(3,4)64-25-33-74-34-26-64)14-18-52(48)67(51)21-11-9-10-12-22-68-53-19-15-45(57(71)61(5,6)65-27-35-75-36-28-65)41-49(53)50-42-46(16-20-54(50)68)58(72)62(7,8)66-29-37-76-38-30-66/h13-20,39-42H,9-12,21-38H2,1-8H3. The molecule has 0 saturated carbocycles. The third kappa shape index (κ3) is 10.2. The van der Waals surface area contributed by atoms with Gasteiger partial charge in [0.05, 0.1) is 75.0 Å². The highest BCUT2D eigenvalue weighted by Crippen LogP contribution is 2.37. The number of aromatic nitrogens is 2. The van der Waals surface area contributed by atoms with E-state index in [2.05, 4.69) is 77.3 Å². The van der Waals surface area contributed by atoms with Gasteiger partial charge in [-0.15, -0.1) is 0 Å². The number of fused-ring (bicyclic) bond motifs is 6. The van der Waals surface area contributed by atoms with Crippen LogP contribution in [0.3, 0.4) is 0 Å². The lowest BCUT2D eigenvalue weighted by Gasteiger charge is -2.39. The third-order valence-corrected chi connectivity index (χ3v) is 17.7. The van der Waals surface area contributed by atoms with Crippen molar-refractivity contribution in [1.29, 1.82) is 0 Å². The van der Waals surface area contributed by atoms with Gasteiger partial charge in [0.2, 0.25) is 0 Å². The fraction of sp³-hybridized carbons (Fsp3) is 0.548. The molecule has 2 aromatic heterocycles. The Kier molecular flexibility index (Phi) is 15.6. The van der Waals surface area contributed by atoms with Crippen LogP contribution in [0.15, 0.2) is 72.8 Å². The Morgan fingerprint density at radius 3 is 0.763 bits per heavy atom. The number of unbranched alkanes of at least 4 members (excludes halogenated alkanes) is 3. The Hall–Kier alpha value is -5.16. The lowest BCUT2D eigenvalue weighted by Crippen LogP contribution is -2.54. The molecule has 406 valence electrons. The molecular formula is C62H80N6O8. The van der Waals surface area contributed by atoms with Gasteiger partial charge in [0.1, 0.15) is 0 Å². The van der Waals surface area contributed by atoms with E-state index in [1.807, 2.05) is 79.7 Å². The van der Waals surface area contributed by atoms with E-state index in [1.165, 1.54) is 0 Å². The van der Waals surface area contributed by atoms with Crippen molar-refractivity contribution in [3.63, 3.8) is 0 Å². The Morgan fingerprint density at radius 2 is 0.553 bits per heavy atom. The molecule has 6 heterocycles. The van der Waals surface area contributed by atoms with E-state index in [0.717, 1.165) is 82.4 Å². The van der Waals surface area contributed by atoms with E-state index in [-0.39, 0.29) is 23.1 Å². The molecular weight excluding hydrogens is 957 g/mol. The van der Waals surface area contributed by atoms with E-state index in [1.54, 1.807) is 0 Å². The largest absolute Gasteiger partial charge is 0.379 e. The molecule has 10 rings (SSSR count). The number of hydrogen-bond donors (Lipinski definition) is 0. The summed E-state index contributed by atoms with van der Waals surface area (Å²) in [5, 5.41) is 3.92. The minimum atomic E-state index is -0.705. The van der Waals surface area contributed by atoms with Gasteiger partial charge >= 0.3 is 0 Å². The molecule has 0 N–H and O–H groups in total. The Bertz CT molecular complexity index is 2730. The maximum atomic E-state index is 14.4. The smallest absolute Gasteiger partial charge is 0.182 e. The fourth-order valence-electron chi connectivity index (χ4n) is 12.6. The van der Waals surface area contributed by atoms with Gasteiger partial charge < -0.3 is 28.1 Å². The zero-order valence-corrected chi connectivity index (χ0v) is 46.4. The molecule has 4 aliphatic heterocycles. The summed E-state index contributed by atoms with van der Waals surface area (Å²) in [5.41, 5.74) is 4.04. The third-order valence-electron chi connectivity index (χ3n) is 17.7. The van der Waals surface area contributed by atoms with E-state index in [4.69, 9.17) is 18.9 Å². The molecule has 4 fully saturated rings. The normalized spacial score (nSPS) is 18.6. The van der Waals surface area contributed by atoms with Crippen LogP contribution in [0.5, 0.6) is 0 Å². The number of morpholine rings is 4. The van der Waals surface area contributed by atoms with Gasteiger partial charge in [0.15, 0.2) is 23.1 Å². The van der Waals surface area contributed by atoms with Crippen LogP contribution in [0.2, 0.25) is 0 Å². The lowest BCUT2D eigenvalue weighted by atomic mass is 9.89. The molecule has 4 aromatic carbocycles. The van der Waals surface area contributed by atoms with Gasteiger partial charge in [-0.2, -0.15) is 0 Å². The summed E-state index contributed by atoms with van der Waals surface area (Å²) in [6.07, 6.45) is 3.88. The average Bonchev–Trinajstić information content (AvgIpc) is 3.96. The van der Waals surface area contributed by atoms with E-state index in [9.17, 15) is 19.2 Å². The first-order valence-electron chi connectivity index (χ1n) is 28.0. The minimum Gasteiger partial charge on any atom is -0.379 e. The fourth-order valence-corrected chi connectivity index (χ4v) is 12.6. The van der Waals surface area contributed by atoms with Gasteiger partial charge in [-0.25, -0.2) is 0 Å². The molecule has 0 spiro atoms. The zero-order valence-electron chi connectivity index (χ0n) is 46.4. The van der Waals surface area contributed by atoms with Crippen LogP contribution in [0, 0.1) is 0 Å². The molecule has 0 radical (unpaired) electrons. The van der Waals surface area contributed by atoms with Crippen LogP contribution in [-0.2, 0) is 32.0 Å². The van der Waals surface area contributed by atoms with Crippen LogP contribution >= 0.6 is 0 Å². The summed E-state index contributed by atoms with van der Waals surface area (Å²) in [4.78, 5) is 66.5. The molecule has 0 atom stereocenters.